The number of hydrogen-bond acceptors (Lipinski definition) is 4. The van der Waals surface area contributed by atoms with E-state index in [1.807, 2.05) is 6.07 Å². The van der Waals surface area contributed by atoms with E-state index in [-0.39, 0.29) is 17.3 Å². The number of halogens is 3. The average Bonchev–Trinajstić information content (AvgIpc) is 2.16. The van der Waals surface area contributed by atoms with Crippen molar-refractivity contribution in [2.45, 2.75) is 17.8 Å². The van der Waals surface area contributed by atoms with Crippen molar-refractivity contribution >= 4 is 11.8 Å². The van der Waals surface area contributed by atoms with E-state index in [9.17, 15) is 18.0 Å². The molecule has 0 aliphatic rings. The first-order valence-electron chi connectivity index (χ1n) is 4.12. The SMILES string of the molecule is N#CCCSc1nc(C(F)(F)F)cc(=O)[nH]1. The van der Waals surface area contributed by atoms with Crippen LogP contribution in [-0.2, 0) is 6.18 Å². The zero-order valence-corrected chi connectivity index (χ0v) is 8.65. The first kappa shape index (κ1) is 12.6. The summed E-state index contributed by atoms with van der Waals surface area (Å²) in [6.45, 7) is 0. The third-order valence-corrected chi connectivity index (χ3v) is 2.34. The number of nitrogens with zero attached hydrogens (tertiary/aromatic N) is 2. The summed E-state index contributed by atoms with van der Waals surface area (Å²) in [7, 11) is 0. The molecule has 1 heterocycles. The molecule has 86 valence electrons. The van der Waals surface area contributed by atoms with Crippen molar-refractivity contribution in [3.05, 3.63) is 22.1 Å². The minimum Gasteiger partial charge on any atom is -0.301 e. The zero-order chi connectivity index (χ0) is 12.2. The third-order valence-electron chi connectivity index (χ3n) is 1.46. The van der Waals surface area contributed by atoms with Gasteiger partial charge in [0, 0.05) is 18.2 Å². The lowest BCUT2D eigenvalue weighted by molar-refractivity contribution is -0.141. The first-order chi connectivity index (χ1) is 7.43. The van der Waals surface area contributed by atoms with Crippen molar-refractivity contribution in [2.24, 2.45) is 0 Å². The molecule has 0 atom stereocenters. The molecule has 0 saturated heterocycles. The van der Waals surface area contributed by atoms with Gasteiger partial charge in [-0.3, -0.25) is 4.79 Å². The molecule has 1 aromatic heterocycles. The number of nitrogens with one attached hydrogen (secondary N) is 1. The Morgan fingerprint density at radius 1 is 1.56 bits per heavy atom. The van der Waals surface area contributed by atoms with E-state index in [4.69, 9.17) is 5.26 Å². The number of hydrogen-bond donors (Lipinski definition) is 1. The highest BCUT2D eigenvalue weighted by molar-refractivity contribution is 7.99. The molecular weight excluding hydrogens is 243 g/mol. The van der Waals surface area contributed by atoms with Crippen molar-refractivity contribution in [3.8, 4) is 6.07 Å². The molecule has 0 amide bonds. The summed E-state index contributed by atoms with van der Waals surface area (Å²) in [5.74, 6) is 0.279. The van der Waals surface area contributed by atoms with Crippen LogP contribution in [0.15, 0.2) is 16.0 Å². The summed E-state index contributed by atoms with van der Waals surface area (Å²) in [6.07, 6.45) is -4.47. The van der Waals surface area contributed by atoms with E-state index < -0.39 is 17.4 Å². The Hall–Kier alpha value is -1.49. The van der Waals surface area contributed by atoms with E-state index in [1.165, 1.54) is 0 Å². The largest absolute Gasteiger partial charge is 0.433 e. The molecule has 16 heavy (non-hydrogen) atoms. The van der Waals surface area contributed by atoms with Gasteiger partial charge in [-0.1, -0.05) is 11.8 Å². The monoisotopic (exact) mass is 249 g/mol. The highest BCUT2D eigenvalue weighted by Gasteiger charge is 2.33. The molecular formula is C8H6F3N3OS. The normalized spacial score (nSPS) is 11.1. The van der Waals surface area contributed by atoms with E-state index in [0.29, 0.717) is 6.07 Å². The number of rotatable bonds is 3. The molecule has 0 bridgehead atoms. The molecule has 0 aliphatic carbocycles. The van der Waals surface area contributed by atoms with Gasteiger partial charge in [-0.05, 0) is 0 Å². The molecule has 0 saturated carbocycles. The van der Waals surface area contributed by atoms with E-state index in [1.54, 1.807) is 0 Å². The van der Waals surface area contributed by atoms with Crippen LogP contribution in [-0.4, -0.2) is 15.7 Å². The van der Waals surface area contributed by atoms with Gasteiger partial charge in [0.15, 0.2) is 10.9 Å². The Morgan fingerprint density at radius 3 is 2.81 bits per heavy atom. The molecule has 8 heteroatoms. The number of aromatic amines is 1. The maximum atomic E-state index is 12.3. The molecule has 1 rings (SSSR count). The molecule has 0 fully saturated rings. The van der Waals surface area contributed by atoms with Gasteiger partial charge in [-0.2, -0.15) is 18.4 Å². The second-order valence-electron chi connectivity index (χ2n) is 2.69. The fourth-order valence-corrected chi connectivity index (χ4v) is 1.56. The van der Waals surface area contributed by atoms with Crippen molar-refractivity contribution in [2.75, 3.05) is 5.75 Å². The maximum Gasteiger partial charge on any atom is 0.433 e. The smallest absolute Gasteiger partial charge is 0.301 e. The number of thioether (sulfide) groups is 1. The molecule has 0 aliphatic heterocycles. The summed E-state index contributed by atoms with van der Waals surface area (Å²) in [6, 6.07) is 2.23. The highest BCUT2D eigenvalue weighted by Crippen LogP contribution is 2.27. The first-order valence-corrected chi connectivity index (χ1v) is 5.10. The molecule has 4 nitrogen and oxygen atoms in total. The van der Waals surface area contributed by atoms with Gasteiger partial charge in [0.2, 0.25) is 0 Å². The van der Waals surface area contributed by atoms with Crippen LogP contribution in [0, 0.1) is 11.3 Å². The Bertz CT molecular complexity index is 463. The standard InChI is InChI=1S/C8H6F3N3OS/c9-8(10,11)5-4-6(15)14-7(13-5)16-3-1-2-12/h4H,1,3H2,(H,13,14,15). The van der Waals surface area contributed by atoms with Crippen LogP contribution in [0.3, 0.4) is 0 Å². The fraction of sp³-hybridized carbons (Fsp3) is 0.375. The summed E-state index contributed by atoms with van der Waals surface area (Å²) in [5.41, 5.74) is -2.09. The number of aromatic nitrogens is 2. The predicted octanol–water partition coefficient (Wildman–Crippen LogP) is 1.79. The topological polar surface area (TPSA) is 69.5 Å². The Morgan fingerprint density at radius 2 is 2.25 bits per heavy atom. The summed E-state index contributed by atoms with van der Waals surface area (Å²) in [4.78, 5) is 16.3. The van der Waals surface area contributed by atoms with Crippen LogP contribution in [0.5, 0.6) is 0 Å². The Kier molecular flexibility index (Phi) is 3.95. The van der Waals surface area contributed by atoms with Gasteiger partial charge in [-0.25, -0.2) is 4.98 Å². The second-order valence-corrected chi connectivity index (χ2v) is 3.77. The maximum absolute atomic E-state index is 12.3. The van der Waals surface area contributed by atoms with Gasteiger partial charge in [-0.15, -0.1) is 0 Å². The van der Waals surface area contributed by atoms with Crippen LogP contribution in [0.25, 0.3) is 0 Å². The van der Waals surface area contributed by atoms with Gasteiger partial charge in [0.1, 0.15) is 0 Å². The summed E-state index contributed by atoms with van der Waals surface area (Å²) in [5, 5.41) is 8.12. The van der Waals surface area contributed by atoms with E-state index in [0.717, 1.165) is 11.8 Å². The molecule has 0 aromatic carbocycles. The lowest BCUT2D eigenvalue weighted by Gasteiger charge is -2.06. The Labute approximate surface area is 92.5 Å². The van der Waals surface area contributed by atoms with Crippen LogP contribution >= 0.6 is 11.8 Å². The number of alkyl halides is 3. The van der Waals surface area contributed by atoms with Crippen LogP contribution in [0.4, 0.5) is 13.2 Å². The minimum absolute atomic E-state index is 0.130. The van der Waals surface area contributed by atoms with Crippen molar-refractivity contribution in [1.29, 1.82) is 5.26 Å². The molecule has 0 spiro atoms. The highest BCUT2D eigenvalue weighted by atomic mass is 32.2. The van der Waals surface area contributed by atoms with Crippen LogP contribution < -0.4 is 5.56 Å². The fourth-order valence-electron chi connectivity index (χ4n) is 0.842. The van der Waals surface area contributed by atoms with Gasteiger partial charge >= 0.3 is 6.18 Å². The van der Waals surface area contributed by atoms with Crippen LogP contribution in [0.1, 0.15) is 12.1 Å². The van der Waals surface area contributed by atoms with Crippen LogP contribution in [0.2, 0.25) is 0 Å². The zero-order valence-electron chi connectivity index (χ0n) is 7.84. The average molecular weight is 249 g/mol. The van der Waals surface area contributed by atoms with Gasteiger partial charge in [0.25, 0.3) is 5.56 Å². The molecule has 0 unspecified atom stereocenters. The predicted molar refractivity (Wildman–Crippen MR) is 50.8 cm³/mol. The second kappa shape index (κ2) is 5.03. The summed E-state index contributed by atoms with van der Waals surface area (Å²) >= 11 is 0.900. The lowest BCUT2D eigenvalue weighted by atomic mass is 10.4. The minimum atomic E-state index is -4.64. The van der Waals surface area contributed by atoms with Crippen molar-refractivity contribution in [1.82, 2.24) is 9.97 Å². The number of nitriles is 1. The molecule has 0 radical (unpaired) electrons. The van der Waals surface area contributed by atoms with Gasteiger partial charge in [0.05, 0.1) is 6.07 Å². The molecule has 1 aromatic rings. The lowest BCUT2D eigenvalue weighted by Crippen LogP contribution is -2.16. The van der Waals surface area contributed by atoms with Crippen molar-refractivity contribution in [3.63, 3.8) is 0 Å². The van der Waals surface area contributed by atoms with Gasteiger partial charge < -0.3 is 4.98 Å². The summed E-state index contributed by atoms with van der Waals surface area (Å²) < 4.78 is 36.8. The Balaban J connectivity index is 2.92. The third kappa shape index (κ3) is 3.58. The molecule has 1 N–H and O–H groups in total. The van der Waals surface area contributed by atoms with Crippen molar-refractivity contribution < 1.29 is 13.2 Å². The number of H-pyrrole nitrogens is 1. The van der Waals surface area contributed by atoms with E-state index in [2.05, 4.69) is 9.97 Å². The quantitative estimate of drug-likeness (QED) is 0.503. The van der Waals surface area contributed by atoms with E-state index >= 15 is 0 Å².